The summed E-state index contributed by atoms with van der Waals surface area (Å²) >= 11 is 0. The van der Waals surface area contributed by atoms with E-state index in [0.717, 1.165) is 39.0 Å². The van der Waals surface area contributed by atoms with Crippen molar-refractivity contribution in [1.29, 1.82) is 0 Å². The molecule has 152 valence electrons. The first kappa shape index (κ1) is 18.6. The fourth-order valence-electron chi connectivity index (χ4n) is 3.56. The van der Waals surface area contributed by atoms with Crippen molar-refractivity contribution in [3.05, 3.63) is 73.6 Å². The van der Waals surface area contributed by atoms with Crippen LogP contribution in [0.2, 0.25) is 0 Å². The number of rotatable bonds is 5. The average Bonchev–Trinajstić information content (AvgIpc) is 3.41. The molecular weight excluding hydrogens is 390 g/mol. The molecule has 1 amide bonds. The monoisotopic (exact) mass is 409 g/mol. The van der Waals surface area contributed by atoms with Crippen LogP contribution < -0.4 is 10.1 Å². The molecule has 0 aliphatic rings. The maximum absolute atomic E-state index is 11.6. The topological polar surface area (TPSA) is 95.7 Å². The van der Waals surface area contributed by atoms with E-state index in [0.29, 0.717) is 17.0 Å². The number of hydrogen-bond acceptors (Lipinski definition) is 4. The van der Waals surface area contributed by atoms with E-state index in [9.17, 15) is 4.79 Å². The second-order valence-corrected chi connectivity index (χ2v) is 7.07. The number of fused-ring (bicyclic) bond motifs is 2. The lowest BCUT2D eigenvalue weighted by atomic mass is 10.1. The SMILES string of the molecule is C=CC(=O)Nc1cccc(-c2cnc3[nH]cc(-c4cc5ccc(OC)cc5[nH]4)c3n2)c1. The van der Waals surface area contributed by atoms with Crippen LogP contribution in [0, 0.1) is 0 Å². The summed E-state index contributed by atoms with van der Waals surface area (Å²) in [6, 6.07) is 15.5. The molecule has 0 saturated carbocycles. The Morgan fingerprint density at radius 1 is 1.19 bits per heavy atom. The van der Waals surface area contributed by atoms with Gasteiger partial charge in [-0.25, -0.2) is 9.97 Å². The summed E-state index contributed by atoms with van der Waals surface area (Å²) in [6.45, 7) is 3.48. The Morgan fingerprint density at radius 3 is 2.94 bits per heavy atom. The highest BCUT2D eigenvalue weighted by atomic mass is 16.5. The van der Waals surface area contributed by atoms with Crippen molar-refractivity contribution in [2.24, 2.45) is 0 Å². The second-order valence-electron chi connectivity index (χ2n) is 7.07. The zero-order chi connectivity index (χ0) is 21.4. The number of carbonyl (C=O) groups is 1. The molecule has 0 fully saturated rings. The molecule has 0 spiro atoms. The number of hydrogen-bond donors (Lipinski definition) is 3. The van der Waals surface area contributed by atoms with E-state index < -0.39 is 0 Å². The number of H-pyrrole nitrogens is 2. The number of benzene rings is 2. The van der Waals surface area contributed by atoms with Crippen molar-refractivity contribution in [1.82, 2.24) is 19.9 Å². The number of nitrogens with zero attached hydrogens (tertiary/aromatic N) is 2. The molecule has 0 bridgehead atoms. The van der Waals surface area contributed by atoms with E-state index in [4.69, 9.17) is 9.72 Å². The van der Waals surface area contributed by atoms with Crippen LogP contribution in [-0.4, -0.2) is 33.0 Å². The minimum absolute atomic E-state index is 0.262. The standard InChI is InChI=1S/C24H19N5O2/c1-3-22(30)27-16-6-4-5-14(9-16)21-13-26-24-23(29-21)18(12-25-24)20-10-15-7-8-17(31-2)11-19(15)28-20/h3-13,28H,1H2,2H3,(H,25,26)(H,27,30). The van der Waals surface area contributed by atoms with Gasteiger partial charge in [0.2, 0.25) is 5.91 Å². The third-order valence-corrected chi connectivity index (χ3v) is 5.11. The van der Waals surface area contributed by atoms with Gasteiger partial charge >= 0.3 is 0 Å². The predicted octanol–water partition coefficient (Wildman–Crippen LogP) is 4.91. The van der Waals surface area contributed by atoms with E-state index >= 15 is 0 Å². The Bertz CT molecular complexity index is 1450. The molecule has 7 heteroatoms. The number of anilines is 1. The summed E-state index contributed by atoms with van der Waals surface area (Å²) in [5.74, 6) is 0.535. The lowest BCUT2D eigenvalue weighted by Crippen LogP contribution is -2.07. The number of nitrogens with one attached hydrogen (secondary N) is 3. The summed E-state index contributed by atoms with van der Waals surface area (Å²) in [5.41, 5.74) is 6.54. The van der Waals surface area contributed by atoms with Gasteiger partial charge < -0.3 is 20.0 Å². The second kappa shape index (κ2) is 7.46. The Labute approximate surface area is 177 Å². The van der Waals surface area contributed by atoms with Crippen LogP contribution >= 0.6 is 0 Å². The number of amides is 1. The fraction of sp³-hybridized carbons (Fsp3) is 0.0417. The summed E-state index contributed by atoms with van der Waals surface area (Å²) < 4.78 is 5.32. The van der Waals surface area contributed by atoms with Crippen LogP contribution in [-0.2, 0) is 4.79 Å². The van der Waals surface area contributed by atoms with Crippen LogP contribution in [0.15, 0.2) is 73.6 Å². The molecule has 3 aromatic heterocycles. The lowest BCUT2D eigenvalue weighted by molar-refractivity contribution is -0.111. The first-order valence-corrected chi connectivity index (χ1v) is 9.70. The first-order chi connectivity index (χ1) is 15.1. The van der Waals surface area contributed by atoms with Gasteiger partial charge in [-0.1, -0.05) is 18.7 Å². The molecule has 5 aromatic rings. The van der Waals surface area contributed by atoms with Gasteiger partial charge in [-0.05, 0) is 36.4 Å². The van der Waals surface area contributed by atoms with Crippen LogP contribution in [0.25, 0.3) is 44.6 Å². The maximum atomic E-state index is 11.6. The highest BCUT2D eigenvalue weighted by molar-refractivity contribution is 5.99. The molecule has 7 nitrogen and oxygen atoms in total. The Morgan fingerprint density at radius 2 is 2.10 bits per heavy atom. The van der Waals surface area contributed by atoms with Crippen molar-refractivity contribution in [2.45, 2.75) is 0 Å². The third kappa shape index (κ3) is 3.42. The van der Waals surface area contributed by atoms with Crippen molar-refractivity contribution in [3.63, 3.8) is 0 Å². The fourth-order valence-corrected chi connectivity index (χ4v) is 3.56. The van der Waals surface area contributed by atoms with E-state index in [1.165, 1.54) is 6.08 Å². The zero-order valence-electron chi connectivity index (χ0n) is 16.8. The molecule has 31 heavy (non-hydrogen) atoms. The Hall–Kier alpha value is -4.39. The highest BCUT2D eigenvalue weighted by Gasteiger charge is 2.13. The summed E-state index contributed by atoms with van der Waals surface area (Å²) in [5, 5.41) is 3.85. The van der Waals surface area contributed by atoms with Crippen LogP contribution in [0.5, 0.6) is 5.75 Å². The predicted molar refractivity (Wildman–Crippen MR) is 122 cm³/mol. The molecule has 2 aromatic carbocycles. The van der Waals surface area contributed by atoms with Gasteiger partial charge in [0.15, 0.2) is 5.65 Å². The number of ether oxygens (including phenoxy) is 1. The summed E-state index contributed by atoms with van der Waals surface area (Å²) in [4.78, 5) is 27.6. The normalized spacial score (nSPS) is 11.0. The van der Waals surface area contributed by atoms with E-state index in [2.05, 4.69) is 32.9 Å². The van der Waals surface area contributed by atoms with Crippen LogP contribution in [0.1, 0.15) is 0 Å². The maximum Gasteiger partial charge on any atom is 0.247 e. The Kier molecular flexibility index (Phi) is 4.48. The summed E-state index contributed by atoms with van der Waals surface area (Å²) in [7, 11) is 1.65. The third-order valence-electron chi connectivity index (χ3n) is 5.11. The molecule has 0 atom stereocenters. The van der Waals surface area contributed by atoms with Crippen molar-refractivity contribution in [3.8, 4) is 28.3 Å². The van der Waals surface area contributed by atoms with Gasteiger partial charge in [-0.3, -0.25) is 4.79 Å². The minimum Gasteiger partial charge on any atom is -0.497 e. The van der Waals surface area contributed by atoms with E-state index in [1.807, 2.05) is 48.7 Å². The number of carbonyl (C=O) groups excluding carboxylic acids is 1. The van der Waals surface area contributed by atoms with E-state index in [1.54, 1.807) is 13.3 Å². The van der Waals surface area contributed by atoms with E-state index in [-0.39, 0.29) is 5.91 Å². The summed E-state index contributed by atoms with van der Waals surface area (Å²) in [6.07, 6.45) is 4.85. The van der Waals surface area contributed by atoms with Gasteiger partial charge in [0.05, 0.1) is 24.7 Å². The molecule has 0 aliphatic carbocycles. The minimum atomic E-state index is -0.262. The van der Waals surface area contributed by atoms with Crippen molar-refractivity contribution in [2.75, 3.05) is 12.4 Å². The number of aromatic amines is 2. The molecule has 0 aliphatic heterocycles. The van der Waals surface area contributed by atoms with Crippen LogP contribution in [0.4, 0.5) is 5.69 Å². The first-order valence-electron chi connectivity index (χ1n) is 9.70. The van der Waals surface area contributed by atoms with Gasteiger partial charge in [0, 0.05) is 40.0 Å². The molecule has 0 radical (unpaired) electrons. The molecular formula is C24H19N5O2. The van der Waals surface area contributed by atoms with Gasteiger partial charge in [0.25, 0.3) is 0 Å². The quantitative estimate of drug-likeness (QED) is 0.360. The van der Waals surface area contributed by atoms with Crippen LogP contribution in [0.3, 0.4) is 0 Å². The zero-order valence-corrected chi connectivity index (χ0v) is 16.8. The largest absolute Gasteiger partial charge is 0.497 e. The van der Waals surface area contributed by atoms with Gasteiger partial charge in [0.1, 0.15) is 11.3 Å². The van der Waals surface area contributed by atoms with Crippen molar-refractivity contribution < 1.29 is 9.53 Å². The van der Waals surface area contributed by atoms with Gasteiger partial charge in [-0.15, -0.1) is 0 Å². The molecule has 5 rings (SSSR count). The molecule has 3 N–H and O–H groups in total. The average molecular weight is 409 g/mol. The van der Waals surface area contributed by atoms with Gasteiger partial charge in [-0.2, -0.15) is 0 Å². The number of aromatic nitrogens is 4. The highest BCUT2D eigenvalue weighted by Crippen LogP contribution is 2.31. The molecule has 0 saturated heterocycles. The lowest BCUT2D eigenvalue weighted by Gasteiger charge is -2.06. The molecule has 3 heterocycles. The number of methoxy groups -OCH3 is 1. The van der Waals surface area contributed by atoms with Crippen molar-refractivity contribution >= 4 is 33.7 Å². The smallest absolute Gasteiger partial charge is 0.247 e. The molecule has 0 unspecified atom stereocenters. The Balaban J connectivity index is 1.57.